The van der Waals surface area contributed by atoms with Crippen molar-refractivity contribution in [1.29, 1.82) is 0 Å². The number of hydrogen-bond donors (Lipinski definition) is 1. The van der Waals surface area contributed by atoms with Gasteiger partial charge in [0.15, 0.2) is 5.82 Å². The Balaban J connectivity index is 1.96. The Hall–Kier alpha value is -0.940. The van der Waals surface area contributed by atoms with Gasteiger partial charge in [-0.3, -0.25) is 0 Å². The van der Waals surface area contributed by atoms with Crippen molar-refractivity contribution in [2.75, 3.05) is 13.2 Å². The van der Waals surface area contributed by atoms with Crippen molar-refractivity contribution in [1.82, 2.24) is 10.1 Å². The first-order valence-electron chi connectivity index (χ1n) is 6.34. The summed E-state index contributed by atoms with van der Waals surface area (Å²) in [5.41, 5.74) is 5.48. The van der Waals surface area contributed by atoms with Gasteiger partial charge < -0.3 is 15.0 Å². The first-order valence-corrected chi connectivity index (χ1v) is 6.34. The summed E-state index contributed by atoms with van der Waals surface area (Å²) in [7, 11) is 0. The van der Waals surface area contributed by atoms with Crippen molar-refractivity contribution >= 4 is 0 Å². The Morgan fingerprint density at radius 3 is 2.88 bits per heavy atom. The van der Waals surface area contributed by atoms with Gasteiger partial charge in [-0.05, 0) is 26.2 Å². The van der Waals surface area contributed by atoms with Crippen LogP contribution in [0.25, 0.3) is 0 Å². The minimum atomic E-state index is -0.666. The quantitative estimate of drug-likeness (QED) is 0.768. The van der Waals surface area contributed by atoms with E-state index in [1.165, 1.54) is 6.42 Å². The van der Waals surface area contributed by atoms with Crippen LogP contribution in [0.5, 0.6) is 0 Å². The first kappa shape index (κ1) is 12.5. The molecule has 2 rings (SSSR count). The fourth-order valence-corrected chi connectivity index (χ4v) is 1.78. The summed E-state index contributed by atoms with van der Waals surface area (Å²) in [4.78, 5) is 4.40. The van der Waals surface area contributed by atoms with Crippen LogP contribution in [0, 0.1) is 0 Å². The zero-order valence-electron chi connectivity index (χ0n) is 10.6. The zero-order chi connectivity index (χ0) is 12.3. The number of hydrogen-bond acceptors (Lipinski definition) is 5. The third kappa shape index (κ3) is 2.84. The Bertz CT molecular complexity index is 358. The van der Waals surface area contributed by atoms with Crippen molar-refractivity contribution in [2.24, 2.45) is 5.73 Å². The Morgan fingerprint density at radius 1 is 1.53 bits per heavy atom. The molecule has 5 nitrogen and oxygen atoms in total. The summed E-state index contributed by atoms with van der Waals surface area (Å²) in [6.07, 6.45) is 4.53. The number of aromatic nitrogens is 2. The van der Waals surface area contributed by atoms with E-state index in [9.17, 15) is 0 Å². The predicted octanol–water partition coefficient (Wildman–Crippen LogP) is 1.94. The zero-order valence-corrected chi connectivity index (χ0v) is 10.6. The molecule has 0 radical (unpaired) electrons. The summed E-state index contributed by atoms with van der Waals surface area (Å²) in [6.45, 7) is 5.07. The molecule has 2 N–H and O–H groups in total. The largest absolute Gasteiger partial charge is 0.379 e. The fourth-order valence-electron chi connectivity index (χ4n) is 1.78. The average Bonchev–Trinajstić information content (AvgIpc) is 2.65. The van der Waals surface area contributed by atoms with E-state index in [1.807, 2.05) is 6.92 Å². The van der Waals surface area contributed by atoms with Crippen molar-refractivity contribution < 1.29 is 9.26 Å². The van der Waals surface area contributed by atoms with E-state index in [-0.39, 0.29) is 0 Å². The van der Waals surface area contributed by atoms with Gasteiger partial charge in [-0.1, -0.05) is 18.5 Å². The molecule has 0 saturated heterocycles. The molecule has 1 fully saturated rings. The molecule has 0 spiro atoms. The summed E-state index contributed by atoms with van der Waals surface area (Å²) in [5.74, 6) is 1.73. The molecule has 0 aromatic carbocycles. The molecule has 1 aromatic heterocycles. The third-order valence-electron chi connectivity index (χ3n) is 3.16. The van der Waals surface area contributed by atoms with E-state index >= 15 is 0 Å². The summed E-state index contributed by atoms with van der Waals surface area (Å²) in [5, 5.41) is 3.98. The first-order chi connectivity index (χ1) is 8.13. The van der Waals surface area contributed by atoms with Crippen molar-refractivity contribution in [3.05, 3.63) is 11.7 Å². The molecule has 0 bridgehead atoms. The molecule has 17 heavy (non-hydrogen) atoms. The Kier molecular flexibility index (Phi) is 3.79. The maximum absolute atomic E-state index is 6.14. The maximum Gasteiger partial charge on any atom is 0.229 e. The molecule has 1 atom stereocenters. The van der Waals surface area contributed by atoms with Crippen molar-refractivity contribution in [3.63, 3.8) is 0 Å². The normalized spacial score (nSPS) is 19.9. The molecule has 1 aliphatic carbocycles. The molecule has 1 aromatic rings. The second-order valence-corrected chi connectivity index (χ2v) is 5.05. The van der Waals surface area contributed by atoms with Crippen LogP contribution in [0.4, 0.5) is 0 Å². The highest BCUT2D eigenvalue weighted by atomic mass is 16.5. The minimum absolute atomic E-state index is 0.421. The number of ether oxygens (including phenoxy) is 1. The molecule has 1 saturated carbocycles. The smallest absolute Gasteiger partial charge is 0.229 e. The van der Waals surface area contributed by atoms with Gasteiger partial charge in [-0.25, -0.2) is 0 Å². The van der Waals surface area contributed by atoms with Gasteiger partial charge in [0.05, 0.1) is 6.61 Å². The van der Waals surface area contributed by atoms with Crippen LogP contribution in [-0.4, -0.2) is 23.4 Å². The van der Waals surface area contributed by atoms with Gasteiger partial charge in [0.25, 0.3) is 0 Å². The monoisotopic (exact) mass is 239 g/mol. The molecule has 5 heteroatoms. The molecular formula is C12H21N3O2. The summed E-state index contributed by atoms with van der Waals surface area (Å²) < 4.78 is 10.7. The lowest BCUT2D eigenvalue weighted by atomic mass is 9.85. The SMILES string of the molecule is CCCOCC(C)(N)c1noc(C2CCC2)n1. The second kappa shape index (κ2) is 5.14. The van der Waals surface area contributed by atoms with Crippen molar-refractivity contribution in [2.45, 2.75) is 51.0 Å². The Labute approximate surface area is 102 Å². The van der Waals surface area contributed by atoms with Crippen LogP contribution in [0.3, 0.4) is 0 Å². The molecular weight excluding hydrogens is 218 g/mol. The predicted molar refractivity (Wildman–Crippen MR) is 63.5 cm³/mol. The standard InChI is InChI=1S/C12H21N3O2/c1-3-7-16-8-12(2,13)11-14-10(17-15-11)9-5-4-6-9/h9H,3-8,13H2,1-2H3. The van der Waals surface area contributed by atoms with E-state index in [1.54, 1.807) is 0 Å². The highest BCUT2D eigenvalue weighted by molar-refractivity contribution is 5.05. The fraction of sp³-hybridized carbons (Fsp3) is 0.833. The molecule has 0 aliphatic heterocycles. The number of nitrogens with two attached hydrogens (primary N) is 1. The van der Waals surface area contributed by atoms with E-state index < -0.39 is 5.54 Å². The Morgan fingerprint density at radius 2 is 2.29 bits per heavy atom. The summed E-state index contributed by atoms with van der Waals surface area (Å²) in [6, 6.07) is 0. The third-order valence-corrected chi connectivity index (χ3v) is 3.16. The molecule has 1 aliphatic rings. The van der Waals surface area contributed by atoms with Gasteiger partial charge in [0, 0.05) is 12.5 Å². The average molecular weight is 239 g/mol. The van der Waals surface area contributed by atoms with E-state index in [0.717, 1.165) is 25.2 Å². The van der Waals surface area contributed by atoms with Crippen LogP contribution in [0.1, 0.15) is 57.2 Å². The lowest BCUT2D eigenvalue weighted by molar-refractivity contribution is 0.0867. The molecule has 0 amide bonds. The van der Waals surface area contributed by atoms with Crippen LogP contribution in [-0.2, 0) is 10.3 Å². The van der Waals surface area contributed by atoms with Crippen LogP contribution in [0.2, 0.25) is 0 Å². The van der Waals surface area contributed by atoms with Gasteiger partial charge in [0.2, 0.25) is 5.89 Å². The van der Waals surface area contributed by atoms with Crippen molar-refractivity contribution in [3.8, 4) is 0 Å². The number of nitrogens with zero attached hydrogens (tertiary/aromatic N) is 2. The van der Waals surface area contributed by atoms with E-state index in [2.05, 4.69) is 17.1 Å². The van der Waals surface area contributed by atoms with E-state index in [4.69, 9.17) is 15.0 Å². The minimum Gasteiger partial charge on any atom is -0.379 e. The number of rotatable bonds is 6. The molecule has 1 unspecified atom stereocenters. The van der Waals surface area contributed by atoms with Crippen LogP contribution < -0.4 is 5.73 Å². The van der Waals surface area contributed by atoms with E-state index in [0.29, 0.717) is 25.0 Å². The summed E-state index contributed by atoms with van der Waals surface area (Å²) >= 11 is 0. The highest BCUT2D eigenvalue weighted by Crippen LogP contribution is 2.35. The van der Waals surface area contributed by atoms with Gasteiger partial charge in [-0.15, -0.1) is 0 Å². The second-order valence-electron chi connectivity index (χ2n) is 5.05. The van der Waals surface area contributed by atoms with Crippen LogP contribution in [0.15, 0.2) is 4.52 Å². The van der Waals surface area contributed by atoms with Gasteiger partial charge in [-0.2, -0.15) is 4.98 Å². The van der Waals surface area contributed by atoms with Gasteiger partial charge >= 0.3 is 0 Å². The highest BCUT2D eigenvalue weighted by Gasteiger charge is 2.31. The molecule has 1 heterocycles. The lowest BCUT2D eigenvalue weighted by Crippen LogP contribution is -2.39. The molecule has 96 valence electrons. The topological polar surface area (TPSA) is 74.2 Å². The van der Waals surface area contributed by atoms with Crippen LogP contribution >= 0.6 is 0 Å². The maximum atomic E-state index is 6.14. The lowest BCUT2D eigenvalue weighted by Gasteiger charge is -2.21. The van der Waals surface area contributed by atoms with Gasteiger partial charge in [0.1, 0.15) is 5.54 Å².